The molecule has 0 radical (unpaired) electrons. The Morgan fingerprint density at radius 2 is 1.71 bits per heavy atom. The summed E-state index contributed by atoms with van der Waals surface area (Å²) in [6.07, 6.45) is 0.807. The molecule has 3 aromatic carbocycles. The fourth-order valence-corrected chi connectivity index (χ4v) is 4.51. The zero-order valence-electron chi connectivity index (χ0n) is 17.6. The van der Waals surface area contributed by atoms with Gasteiger partial charge in [-0.2, -0.15) is 0 Å². The third-order valence-corrected chi connectivity index (χ3v) is 6.04. The van der Waals surface area contributed by atoms with Crippen LogP contribution >= 0.6 is 0 Å². The minimum atomic E-state index is -0.208. The molecule has 2 heterocycles. The number of fused-ring (bicyclic) bond motifs is 3. The highest BCUT2D eigenvalue weighted by Gasteiger charge is 2.35. The van der Waals surface area contributed by atoms with E-state index in [1.54, 1.807) is 20.3 Å². The van der Waals surface area contributed by atoms with Crippen molar-refractivity contribution in [2.45, 2.75) is 12.5 Å². The van der Waals surface area contributed by atoms with Crippen molar-refractivity contribution < 1.29 is 14.3 Å². The topological polar surface area (TPSA) is 54.6 Å². The highest BCUT2D eigenvalue weighted by Crippen LogP contribution is 2.39. The molecule has 31 heavy (non-hydrogen) atoms. The number of benzene rings is 3. The summed E-state index contributed by atoms with van der Waals surface area (Å²) in [6.45, 7) is 0.640. The molecule has 0 bridgehead atoms. The zero-order valence-corrected chi connectivity index (χ0v) is 17.6. The number of methoxy groups -OCH3 is 2. The predicted molar refractivity (Wildman–Crippen MR) is 121 cm³/mol. The lowest BCUT2D eigenvalue weighted by Crippen LogP contribution is -2.40. The monoisotopic (exact) mass is 412 g/mol. The highest BCUT2D eigenvalue weighted by molar-refractivity contribution is 5.96. The van der Waals surface area contributed by atoms with Crippen LogP contribution in [-0.2, 0) is 6.42 Å². The van der Waals surface area contributed by atoms with Crippen LogP contribution in [0.25, 0.3) is 10.9 Å². The first kappa shape index (κ1) is 19.2. The number of nitrogens with zero attached hydrogens (tertiary/aromatic N) is 1. The molecule has 1 aliphatic heterocycles. The summed E-state index contributed by atoms with van der Waals surface area (Å²) < 4.78 is 10.7. The maximum atomic E-state index is 13.6. The van der Waals surface area contributed by atoms with Gasteiger partial charge in [0.15, 0.2) is 0 Å². The first-order valence-electron chi connectivity index (χ1n) is 10.4. The largest absolute Gasteiger partial charge is 0.497 e. The minimum Gasteiger partial charge on any atom is -0.497 e. The van der Waals surface area contributed by atoms with E-state index in [0.29, 0.717) is 17.9 Å². The molecule has 4 aromatic rings. The smallest absolute Gasteiger partial charge is 0.254 e. The van der Waals surface area contributed by atoms with E-state index in [0.717, 1.165) is 28.9 Å². The van der Waals surface area contributed by atoms with Gasteiger partial charge in [-0.05, 0) is 53.9 Å². The Bertz CT molecular complexity index is 1240. The van der Waals surface area contributed by atoms with Crippen molar-refractivity contribution in [1.29, 1.82) is 0 Å². The van der Waals surface area contributed by atoms with E-state index in [9.17, 15) is 4.79 Å². The van der Waals surface area contributed by atoms with Crippen molar-refractivity contribution in [3.05, 3.63) is 95.2 Å². The molecule has 0 aliphatic carbocycles. The summed E-state index contributed by atoms with van der Waals surface area (Å²) in [5, 5.41) is 1.23. The van der Waals surface area contributed by atoms with Gasteiger partial charge in [-0.15, -0.1) is 0 Å². The number of ether oxygens (including phenoxy) is 2. The summed E-state index contributed by atoms with van der Waals surface area (Å²) in [5.41, 5.74) is 5.13. The number of aromatic amines is 1. The van der Waals surface area contributed by atoms with E-state index in [1.807, 2.05) is 53.4 Å². The predicted octanol–water partition coefficient (Wildman–Crippen LogP) is 4.97. The van der Waals surface area contributed by atoms with Gasteiger partial charge >= 0.3 is 0 Å². The Labute approximate surface area is 181 Å². The van der Waals surface area contributed by atoms with Crippen LogP contribution < -0.4 is 9.47 Å². The number of rotatable bonds is 4. The van der Waals surface area contributed by atoms with Crippen molar-refractivity contribution in [2.24, 2.45) is 0 Å². The van der Waals surface area contributed by atoms with Crippen LogP contribution in [0.1, 0.15) is 33.2 Å². The van der Waals surface area contributed by atoms with Crippen molar-refractivity contribution in [1.82, 2.24) is 9.88 Å². The van der Waals surface area contributed by atoms with Crippen molar-refractivity contribution in [3.8, 4) is 11.5 Å². The molecule has 1 N–H and O–H groups in total. The van der Waals surface area contributed by atoms with Crippen LogP contribution in [0.4, 0.5) is 0 Å². The van der Waals surface area contributed by atoms with Gasteiger partial charge in [0.2, 0.25) is 0 Å². The first-order chi connectivity index (χ1) is 15.2. The summed E-state index contributed by atoms with van der Waals surface area (Å²) in [5.74, 6) is 1.46. The number of carbonyl (C=O) groups excluding carboxylic acids is 1. The molecular formula is C26H24N2O3. The second kappa shape index (κ2) is 7.84. The Morgan fingerprint density at radius 1 is 0.935 bits per heavy atom. The summed E-state index contributed by atoms with van der Waals surface area (Å²) in [6, 6.07) is 23.4. The van der Waals surface area contributed by atoms with Gasteiger partial charge in [-0.3, -0.25) is 4.79 Å². The normalized spacial score (nSPS) is 15.5. The second-order valence-electron chi connectivity index (χ2n) is 7.72. The molecule has 0 saturated carbocycles. The van der Waals surface area contributed by atoms with Crippen LogP contribution in [0.5, 0.6) is 11.5 Å². The average Bonchev–Trinajstić information content (AvgIpc) is 3.22. The summed E-state index contributed by atoms with van der Waals surface area (Å²) in [4.78, 5) is 19.2. The van der Waals surface area contributed by atoms with Gasteiger partial charge in [0.05, 0.1) is 20.3 Å². The molecule has 5 rings (SSSR count). The van der Waals surface area contributed by atoms with E-state index in [1.165, 1.54) is 10.9 Å². The number of para-hydroxylation sites is 1. The first-order valence-corrected chi connectivity index (χ1v) is 10.4. The number of H-pyrrole nitrogens is 1. The summed E-state index contributed by atoms with van der Waals surface area (Å²) >= 11 is 0. The molecule has 156 valence electrons. The van der Waals surface area contributed by atoms with Gasteiger partial charge in [-0.1, -0.05) is 36.4 Å². The Hall–Kier alpha value is -3.73. The third-order valence-electron chi connectivity index (χ3n) is 6.04. The van der Waals surface area contributed by atoms with E-state index < -0.39 is 0 Å². The molecular weight excluding hydrogens is 388 g/mol. The molecule has 1 amide bonds. The molecule has 0 spiro atoms. The number of nitrogens with one attached hydrogen (secondary N) is 1. The maximum Gasteiger partial charge on any atom is 0.254 e. The van der Waals surface area contributed by atoms with Gasteiger partial charge in [-0.25, -0.2) is 0 Å². The number of hydrogen-bond acceptors (Lipinski definition) is 3. The lowest BCUT2D eigenvalue weighted by Gasteiger charge is -2.36. The van der Waals surface area contributed by atoms with Crippen LogP contribution in [0.2, 0.25) is 0 Å². The van der Waals surface area contributed by atoms with Gasteiger partial charge in [0.25, 0.3) is 5.91 Å². The quantitative estimate of drug-likeness (QED) is 0.515. The standard InChI is InChI=1S/C26H24N2O3/c1-30-19-12-10-17(11-13-19)25-24-22(21-8-3-4-9-23(21)27-24)14-15-28(25)26(29)18-6-5-7-20(16-18)31-2/h3-13,16,25,27H,14-15H2,1-2H3. The molecule has 5 nitrogen and oxygen atoms in total. The van der Waals surface area contributed by atoms with E-state index in [4.69, 9.17) is 9.47 Å². The third kappa shape index (κ3) is 3.32. The highest BCUT2D eigenvalue weighted by atomic mass is 16.5. The Morgan fingerprint density at radius 3 is 2.48 bits per heavy atom. The minimum absolute atomic E-state index is 0.0102. The number of amides is 1. The molecule has 5 heteroatoms. The maximum absolute atomic E-state index is 13.6. The van der Waals surface area contributed by atoms with Gasteiger partial charge in [0.1, 0.15) is 11.5 Å². The average molecular weight is 412 g/mol. The zero-order chi connectivity index (χ0) is 21.4. The SMILES string of the molecule is COc1ccc(C2c3[nH]c4ccccc4c3CCN2C(=O)c2cccc(OC)c2)cc1. The number of aromatic nitrogens is 1. The van der Waals surface area contributed by atoms with Gasteiger partial charge in [0, 0.05) is 28.7 Å². The van der Waals surface area contributed by atoms with E-state index in [-0.39, 0.29) is 11.9 Å². The van der Waals surface area contributed by atoms with E-state index in [2.05, 4.69) is 23.2 Å². The Balaban J connectivity index is 1.63. The Kier molecular flexibility index (Phi) is 4.86. The lowest BCUT2D eigenvalue weighted by molar-refractivity contribution is 0.0691. The van der Waals surface area contributed by atoms with Crippen molar-refractivity contribution in [2.75, 3.05) is 20.8 Å². The van der Waals surface area contributed by atoms with Crippen molar-refractivity contribution >= 4 is 16.8 Å². The molecule has 1 aliphatic rings. The van der Waals surface area contributed by atoms with Gasteiger partial charge < -0.3 is 19.4 Å². The van der Waals surface area contributed by atoms with E-state index >= 15 is 0 Å². The van der Waals surface area contributed by atoms with Crippen molar-refractivity contribution in [3.63, 3.8) is 0 Å². The molecule has 1 atom stereocenters. The van der Waals surface area contributed by atoms with Crippen LogP contribution in [-0.4, -0.2) is 36.6 Å². The number of carbonyl (C=O) groups is 1. The second-order valence-corrected chi connectivity index (χ2v) is 7.72. The fraction of sp³-hybridized carbons (Fsp3) is 0.192. The van der Waals surface area contributed by atoms with Crippen LogP contribution in [0.15, 0.2) is 72.8 Å². The fourth-order valence-electron chi connectivity index (χ4n) is 4.51. The molecule has 1 aromatic heterocycles. The van der Waals surface area contributed by atoms with Crippen LogP contribution in [0.3, 0.4) is 0 Å². The molecule has 1 unspecified atom stereocenters. The summed E-state index contributed by atoms with van der Waals surface area (Å²) in [7, 11) is 3.27. The molecule has 0 saturated heterocycles. The van der Waals surface area contributed by atoms with Crippen LogP contribution in [0, 0.1) is 0 Å². The molecule has 0 fully saturated rings. The number of hydrogen-bond donors (Lipinski definition) is 1. The lowest BCUT2D eigenvalue weighted by atomic mass is 9.91.